The van der Waals surface area contributed by atoms with Crippen LogP contribution in [0.1, 0.15) is 65.5 Å². The van der Waals surface area contributed by atoms with Gasteiger partial charge in [0.05, 0.1) is 25.7 Å². The first-order valence-electron chi connectivity index (χ1n) is 11.5. The lowest BCUT2D eigenvalue weighted by Crippen LogP contribution is -2.52. The summed E-state index contributed by atoms with van der Waals surface area (Å²) < 4.78 is 10.5. The van der Waals surface area contributed by atoms with E-state index in [1.165, 1.54) is 6.42 Å². The molecule has 0 spiro atoms. The number of hydrogen-bond acceptors (Lipinski definition) is 4. The quantitative estimate of drug-likeness (QED) is 0.665. The predicted octanol–water partition coefficient (Wildman–Crippen LogP) is 4.07. The Morgan fingerprint density at radius 1 is 1.03 bits per heavy atom. The van der Waals surface area contributed by atoms with Gasteiger partial charge in [-0.2, -0.15) is 0 Å². The molecule has 1 aliphatic carbocycles. The lowest BCUT2D eigenvalue weighted by atomic mass is 9.77. The first kappa shape index (κ1) is 22.3. The van der Waals surface area contributed by atoms with Crippen LogP contribution in [0.5, 0.6) is 5.75 Å². The highest BCUT2D eigenvalue weighted by Gasteiger charge is 2.46. The number of rotatable bonds is 7. The summed E-state index contributed by atoms with van der Waals surface area (Å²) in [6.07, 6.45) is 5.35. The Labute approximate surface area is 189 Å². The molecule has 0 radical (unpaired) electrons. The van der Waals surface area contributed by atoms with E-state index in [-0.39, 0.29) is 23.9 Å². The number of nitrogens with one attached hydrogen (secondary N) is 1. The number of methoxy groups -OCH3 is 2. The van der Waals surface area contributed by atoms with E-state index < -0.39 is 5.92 Å². The molecule has 1 fully saturated rings. The fourth-order valence-corrected chi connectivity index (χ4v) is 5.14. The van der Waals surface area contributed by atoms with Gasteiger partial charge in [0.2, 0.25) is 5.91 Å². The molecule has 0 saturated heterocycles. The van der Waals surface area contributed by atoms with Gasteiger partial charge in [0.15, 0.2) is 0 Å². The van der Waals surface area contributed by atoms with Crippen molar-refractivity contribution >= 4 is 11.8 Å². The summed E-state index contributed by atoms with van der Waals surface area (Å²) in [5.74, 6) is 0.204. The second-order valence-electron chi connectivity index (χ2n) is 8.57. The van der Waals surface area contributed by atoms with Crippen LogP contribution in [-0.4, -0.2) is 50.1 Å². The lowest BCUT2D eigenvalue weighted by Gasteiger charge is -2.46. The Balaban J connectivity index is 1.82. The highest BCUT2D eigenvalue weighted by atomic mass is 16.5. The van der Waals surface area contributed by atoms with Gasteiger partial charge in [-0.1, -0.05) is 49.6 Å². The van der Waals surface area contributed by atoms with Gasteiger partial charge in [-0.3, -0.25) is 9.59 Å². The van der Waals surface area contributed by atoms with Crippen LogP contribution in [0.15, 0.2) is 48.5 Å². The van der Waals surface area contributed by atoms with Crippen molar-refractivity contribution in [3.8, 4) is 5.75 Å². The van der Waals surface area contributed by atoms with Gasteiger partial charge in [-0.25, -0.2) is 0 Å². The third kappa shape index (κ3) is 4.37. The molecule has 2 atom stereocenters. The molecule has 6 heteroatoms. The molecule has 4 rings (SSSR count). The number of hydrogen-bond donors (Lipinski definition) is 1. The molecule has 2 aliphatic rings. The molecule has 170 valence electrons. The minimum Gasteiger partial charge on any atom is -0.497 e. The Kier molecular flexibility index (Phi) is 7.10. The summed E-state index contributed by atoms with van der Waals surface area (Å²) in [5.41, 5.74) is 2.38. The minimum absolute atomic E-state index is 0.0225. The van der Waals surface area contributed by atoms with Gasteiger partial charge in [0, 0.05) is 25.3 Å². The van der Waals surface area contributed by atoms with E-state index in [0.29, 0.717) is 18.7 Å². The van der Waals surface area contributed by atoms with Gasteiger partial charge in [0.25, 0.3) is 5.91 Å². The Morgan fingerprint density at radius 3 is 2.44 bits per heavy atom. The number of fused-ring (bicyclic) bond motifs is 1. The minimum atomic E-state index is -0.490. The van der Waals surface area contributed by atoms with Gasteiger partial charge < -0.3 is 19.7 Å². The number of carbonyl (C=O) groups is 2. The maximum atomic E-state index is 13.8. The molecule has 32 heavy (non-hydrogen) atoms. The molecule has 1 saturated carbocycles. The fourth-order valence-electron chi connectivity index (χ4n) is 5.14. The first-order chi connectivity index (χ1) is 15.7. The molecule has 1 heterocycles. The van der Waals surface area contributed by atoms with Gasteiger partial charge in [0.1, 0.15) is 5.75 Å². The monoisotopic (exact) mass is 436 g/mol. The van der Waals surface area contributed by atoms with E-state index in [9.17, 15) is 9.59 Å². The second-order valence-corrected chi connectivity index (χ2v) is 8.57. The topological polar surface area (TPSA) is 67.9 Å². The van der Waals surface area contributed by atoms with E-state index in [1.54, 1.807) is 14.2 Å². The Hall–Kier alpha value is -2.86. The van der Waals surface area contributed by atoms with Crippen LogP contribution in [0, 0.1) is 0 Å². The van der Waals surface area contributed by atoms with Crippen molar-refractivity contribution < 1.29 is 19.1 Å². The molecule has 2 aromatic rings. The van der Waals surface area contributed by atoms with E-state index in [1.807, 2.05) is 53.4 Å². The highest BCUT2D eigenvalue weighted by Crippen LogP contribution is 2.46. The van der Waals surface area contributed by atoms with E-state index in [2.05, 4.69) is 5.32 Å². The van der Waals surface area contributed by atoms with Crippen LogP contribution in [0.25, 0.3) is 0 Å². The number of benzene rings is 2. The number of carbonyl (C=O) groups excluding carboxylic acids is 2. The third-order valence-electron chi connectivity index (χ3n) is 6.69. The standard InChI is InChI=1S/C26H32N2O4/c1-31-17-16-27-25(29)23-21-10-6-7-11-22(21)26(30)28(19-8-4-3-5-9-19)24(23)18-12-14-20(32-2)15-13-18/h6-7,10-15,19,23-24H,3-5,8-9,16-17H2,1-2H3,(H,27,29). The van der Waals surface area contributed by atoms with Crippen LogP contribution in [-0.2, 0) is 9.53 Å². The zero-order valence-corrected chi connectivity index (χ0v) is 18.9. The van der Waals surface area contributed by atoms with Gasteiger partial charge in [-0.15, -0.1) is 0 Å². The van der Waals surface area contributed by atoms with Gasteiger partial charge >= 0.3 is 0 Å². The summed E-state index contributed by atoms with van der Waals surface area (Å²) in [6.45, 7) is 0.874. The van der Waals surface area contributed by atoms with Crippen LogP contribution in [0.3, 0.4) is 0 Å². The molecule has 2 amide bonds. The summed E-state index contributed by atoms with van der Waals surface area (Å²) in [6, 6.07) is 15.1. The molecule has 2 aromatic carbocycles. The zero-order valence-electron chi connectivity index (χ0n) is 18.9. The molecule has 0 aromatic heterocycles. The molecular formula is C26H32N2O4. The average Bonchev–Trinajstić information content (AvgIpc) is 2.84. The van der Waals surface area contributed by atoms with Crippen molar-refractivity contribution in [3.63, 3.8) is 0 Å². The summed E-state index contributed by atoms with van der Waals surface area (Å²) in [5, 5.41) is 3.03. The summed E-state index contributed by atoms with van der Waals surface area (Å²) >= 11 is 0. The second kappa shape index (κ2) is 10.2. The summed E-state index contributed by atoms with van der Waals surface area (Å²) in [4.78, 5) is 29.4. The molecule has 2 unspecified atom stereocenters. The fraction of sp³-hybridized carbons (Fsp3) is 0.462. The van der Waals surface area contributed by atoms with Crippen molar-refractivity contribution in [3.05, 3.63) is 65.2 Å². The molecule has 1 N–H and O–H groups in total. The predicted molar refractivity (Wildman–Crippen MR) is 123 cm³/mol. The number of ether oxygens (including phenoxy) is 2. The molecule has 0 bridgehead atoms. The first-order valence-corrected chi connectivity index (χ1v) is 11.5. The molecule has 6 nitrogen and oxygen atoms in total. The molecule has 1 aliphatic heterocycles. The van der Waals surface area contributed by atoms with Crippen molar-refractivity contribution in [2.45, 2.75) is 50.1 Å². The third-order valence-corrected chi connectivity index (χ3v) is 6.69. The van der Waals surface area contributed by atoms with Crippen molar-refractivity contribution in [1.82, 2.24) is 10.2 Å². The van der Waals surface area contributed by atoms with E-state index in [0.717, 1.165) is 42.6 Å². The maximum absolute atomic E-state index is 13.8. The smallest absolute Gasteiger partial charge is 0.254 e. The summed E-state index contributed by atoms with van der Waals surface area (Å²) in [7, 11) is 3.25. The average molecular weight is 437 g/mol. The number of amides is 2. The maximum Gasteiger partial charge on any atom is 0.254 e. The van der Waals surface area contributed by atoms with Crippen LogP contribution in [0.4, 0.5) is 0 Å². The molecular weight excluding hydrogens is 404 g/mol. The largest absolute Gasteiger partial charge is 0.497 e. The lowest BCUT2D eigenvalue weighted by molar-refractivity contribution is -0.124. The SMILES string of the molecule is COCCNC(=O)C1c2ccccc2C(=O)N(C2CCCCC2)C1c1ccc(OC)cc1. The van der Waals surface area contributed by atoms with Gasteiger partial charge in [-0.05, 0) is 42.2 Å². The van der Waals surface area contributed by atoms with Crippen LogP contribution in [0.2, 0.25) is 0 Å². The Bertz CT molecular complexity index is 937. The van der Waals surface area contributed by atoms with E-state index in [4.69, 9.17) is 9.47 Å². The van der Waals surface area contributed by atoms with Crippen LogP contribution < -0.4 is 10.1 Å². The Morgan fingerprint density at radius 2 is 1.75 bits per heavy atom. The van der Waals surface area contributed by atoms with Crippen LogP contribution >= 0.6 is 0 Å². The van der Waals surface area contributed by atoms with Crippen molar-refractivity contribution in [2.75, 3.05) is 27.4 Å². The normalized spacial score (nSPS) is 21.2. The number of nitrogens with zero attached hydrogens (tertiary/aromatic N) is 1. The van der Waals surface area contributed by atoms with Crippen molar-refractivity contribution in [2.24, 2.45) is 0 Å². The van der Waals surface area contributed by atoms with Crippen molar-refractivity contribution in [1.29, 1.82) is 0 Å². The zero-order chi connectivity index (χ0) is 22.5. The van der Waals surface area contributed by atoms with E-state index >= 15 is 0 Å². The highest BCUT2D eigenvalue weighted by molar-refractivity contribution is 6.01.